The largest absolute Gasteiger partial charge is 0.497 e. The van der Waals surface area contributed by atoms with Crippen molar-refractivity contribution in [3.8, 4) is 11.8 Å². The fraction of sp³-hybridized carbons (Fsp3) is 0.0714. The molecule has 0 unspecified atom stereocenters. The van der Waals surface area contributed by atoms with Crippen LogP contribution in [0.15, 0.2) is 56.7 Å². The quantitative estimate of drug-likeness (QED) is 0.836. The SMILES string of the molecule is COc1ccc(Sc2ccc(Br)c(C#N)c2)cc1. The minimum atomic E-state index is 0.647. The highest BCUT2D eigenvalue weighted by Gasteiger charge is 2.03. The van der Waals surface area contributed by atoms with E-state index in [0.29, 0.717) is 5.56 Å². The number of ether oxygens (including phenoxy) is 1. The molecular formula is C14H10BrNOS. The van der Waals surface area contributed by atoms with Crippen LogP contribution in [-0.2, 0) is 0 Å². The molecule has 2 aromatic carbocycles. The van der Waals surface area contributed by atoms with E-state index in [1.54, 1.807) is 18.9 Å². The van der Waals surface area contributed by atoms with Crippen molar-refractivity contribution in [2.24, 2.45) is 0 Å². The lowest BCUT2D eigenvalue weighted by Gasteiger charge is -2.04. The summed E-state index contributed by atoms with van der Waals surface area (Å²) in [7, 11) is 1.65. The van der Waals surface area contributed by atoms with Crippen molar-refractivity contribution in [2.75, 3.05) is 7.11 Å². The third-order valence-corrected chi connectivity index (χ3v) is 4.04. The molecule has 0 aliphatic rings. The van der Waals surface area contributed by atoms with Gasteiger partial charge in [0.2, 0.25) is 0 Å². The third kappa shape index (κ3) is 3.06. The maximum atomic E-state index is 8.97. The molecule has 0 heterocycles. The first-order valence-electron chi connectivity index (χ1n) is 5.24. The lowest BCUT2D eigenvalue weighted by Crippen LogP contribution is -1.82. The number of rotatable bonds is 3. The van der Waals surface area contributed by atoms with Gasteiger partial charge in [-0.2, -0.15) is 5.26 Å². The average molecular weight is 320 g/mol. The predicted octanol–water partition coefficient (Wildman–Crippen LogP) is 4.48. The lowest BCUT2D eigenvalue weighted by molar-refractivity contribution is 0.414. The van der Waals surface area contributed by atoms with Gasteiger partial charge in [-0.25, -0.2) is 0 Å². The minimum absolute atomic E-state index is 0.647. The molecular weight excluding hydrogens is 310 g/mol. The first kappa shape index (κ1) is 13.0. The van der Waals surface area contributed by atoms with Crippen molar-refractivity contribution in [2.45, 2.75) is 9.79 Å². The standard InChI is InChI=1S/C14H10BrNOS/c1-17-11-2-4-12(5-3-11)18-13-6-7-14(15)10(8-13)9-16/h2-8H,1H3. The molecule has 18 heavy (non-hydrogen) atoms. The second-order valence-electron chi connectivity index (χ2n) is 3.53. The Bertz CT molecular complexity index is 590. The Morgan fingerprint density at radius 1 is 1.11 bits per heavy atom. The zero-order chi connectivity index (χ0) is 13.0. The molecule has 4 heteroatoms. The van der Waals surface area contributed by atoms with E-state index < -0.39 is 0 Å². The molecule has 2 nitrogen and oxygen atoms in total. The van der Waals surface area contributed by atoms with Crippen LogP contribution in [0.2, 0.25) is 0 Å². The van der Waals surface area contributed by atoms with E-state index >= 15 is 0 Å². The molecule has 0 saturated carbocycles. The molecule has 0 fully saturated rings. The van der Waals surface area contributed by atoms with Crippen molar-refractivity contribution in [1.29, 1.82) is 5.26 Å². The summed E-state index contributed by atoms with van der Waals surface area (Å²) < 4.78 is 5.94. The Morgan fingerprint density at radius 3 is 2.39 bits per heavy atom. The van der Waals surface area contributed by atoms with Crippen molar-refractivity contribution in [3.05, 3.63) is 52.5 Å². The first-order chi connectivity index (χ1) is 8.72. The summed E-state index contributed by atoms with van der Waals surface area (Å²) in [5, 5.41) is 8.97. The fourth-order valence-corrected chi connectivity index (χ4v) is 2.63. The van der Waals surface area contributed by atoms with Crippen molar-refractivity contribution in [1.82, 2.24) is 0 Å². The summed E-state index contributed by atoms with van der Waals surface area (Å²) >= 11 is 4.96. The summed E-state index contributed by atoms with van der Waals surface area (Å²) in [4.78, 5) is 2.15. The van der Waals surface area contributed by atoms with Crippen LogP contribution in [-0.4, -0.2) is 7.11 Å². The number of benzene rings is 2. The van der Waals surface area contributed by atoms with E-state index in [1.807, 2.05) is 42.5 Å². The van der Waals surface area contributed by atoms with Crippen LogP contribution in [0.5, 0.6) is 5.75 Å². The van der Waals surface area contributed by atoms with Gasteiger partial charge in [0.15, 0.2) is 0 Å². The highest BCUT2D eigenvalue weighted by molar-refractivity contribution is 9.10. The van der Waals surface area contributed by atoms with Crippen LogP contribution in [0.1, 0.15) is 5.56 Å². The van der Waals surface area contributed by atoms with Crippen LogP contribution in [0.25, 0.3) is 0 Å². The number of hydrogen-bond acceptors (Lipinski definition) is 3. The zero-order valence-electron chi connectivity index (χ0n) is 9.68. The lowest BCUT2D eigenvalue weighted by atomic mass is 10.2. The Balaban J connectivity index is 2.20. The molecule has 0 bridgehead atoms. The van der Waals surface area contributed by atoms with E-state index in [0.717, 1.165) is 20.0 Å². The summed E-state index contributed by atoms with van der Waals surface area (Å²) in [5.74, 6) is 0.841. The second kappa shape index (κ2) is 5.94. The zero-order valence-corrected chi connectivity index (χ0v) is 12.1. The molecule has 0 amide bonds. The molecule has 90 valence electrons. The van der Waals surface area contributed by atoms with E-state index in [4.69, 9.17) is 10.00 Å². The maximum Gasteiger partial charge on any atom is 0.118 e. The Labute approximate surface area is 119 Å². The van der Waals surface area contributed by atoms with Gasteiger partial charge < -0.3 is 4.74 Å². The highest BCUT2D eigenvalue weighted by atomic mass is 79.9. The molecule has 0 aromatic heterocycles. The minimum Gasteiger partial charge on any atom is -0.497 e. The van der Waals surface area contributed by atoms with Crippen molar-refractivity contribution in [3.63, 3.8) is 0 Å². The molecule has 0 atom stereocenters. The molecule has 0 radical (unpaired) electrons. The van der Waals surface area contributed by atoms with Gasteiger partial charge >= 0.3 is 0 Å². The Morgan fingerprint density at radius 2 is 1.78 bits per heavy atom. The van der Waals surface area contributed by atoms with Gasteiger partial charge in [0.1, 0.15) is 11.8 Å². The average Bonchev–Trinajstić information content (AvgIpc) is 2.42. The van der Waals surface area contributed by atoms with Gasteiger partial charge in [-0.15, -0.1) is 0 Å². The number of nitrogens with zero attached hydrogens (tertiary/aromatic N) is 1. The van der Waals surface area contributed by atoms with Crippen LogP contribution in [0.3, 0.4) is 0 Å². The highest BCUT2D eigenvalue weighted by Crippen LogP contribution is 2.31. The smallest absolute Gasteiger partial charge is 0.118 e. The number of halogens is 1. The molecule has 0 N–H and O–H groups in total. The van der Waals surface area contributed by atoms with Gasteiger partial charge in [-0.05, 0) is 58.4 Å². The third-order valence-electron chi connectivity index (χ3n) is 2.35. The van der Waals surface area contributed by atoms with Crippen molar-refractivity contribution >= 4 is 27.7 Å². The van der Waals surface area contributed by atoms with Crippen LogP contribution >= 0.6 is 27.7 Å². The molecule has 2 rings (SSSR count). The van der Waals surface area contributed by atoms with E-state index in [2.05, 4.69) is 22.0 Å². The van der Waals surface area contributed by atoms with Crippen LogP contribution in [0, 0.1) is 11.3 Å². The number of methoxy groups -OCH3 is 1. The van der Waals surface area contributed by atoms with Crippen molar-refractivity contribution < 1.29 is 4.74 Å². The van der Waals surface area contributed by atoms with E-state index in [1.165, 1.54) is 0 Å². The fourth-order valence-electron chi connectivity index (χ4n) is 1.43. The van der Waals surface area contributed by atoms with Gasteiger partial charge in [-0.3, -0.25) is 0 Å². The molecule has 2 aromatic rings. The molecule has 0 saturated heterocycles. The maximum absolute atomic E-state index is 8.97. The topological polar surface area (TPSA) is 33.0 Å². The van der Waals surface area contributed by atoms with Gasteiger partial charge in [-0.1, -0.05) is 11.8 Å². The van der Waals surface area contributed by atoms with E-state index in [-0.39, 0.29) is 0 Å². The summed E-state index contributed by atoms with van der Waals surface area (Å²) in [6.45, 7) is 0. The first-order valence-corrected chi connectivity index (χ1v) is 6.85. The normalized spacial score (nSPS) is 9.83. The predicted molar refractivity (Wildman–Crippen MR) is 76.0 cm³/mol. The monoisotopic (exact) mass is 319 g/mol. The number of nitriles is 1. The van der Waals surface area contributed by atoms with Crippen LogP contribution < -0.4 is 4.74 Å². The van der Waals surface area contributed by atoms with Gasteiger partial charge in [0, 0.05) is 14.3 Å². The summed E-state index contributed by atoms with van der Waals surface area (Å²) in [5.41, 5.74) is 0.647. The molecule has 0 aliphatic carbocycles. The van der Waals surface area contributed by atoms with Gasteiger partial charge in [0.25, 0.3) is 0 Å². The Hall–Kier alpha value is -1.44. The van der Waals surface area contributed by atoms with E-state index in [9.17, 15) is 0 Å². The van der Waals surface area contributed by atoms with Crippen LogP contribution in [0.4, 0.5) is 0 Å². The Kier molecular flexibility index (Phi) is 4.29. The molecule has 0 spiro atoms. The second-order valence-corrected chi connectivity index (χ2v) is 5.53. The summed E-state index contributed by atoms with van der Waals surface area (Å²) in [6.07, 6.45) is 0. The molecule has 0 aliphatic heterocycles. The summed E-state index contributed by atoms with van der Waals surface area (Å²) in [6, 6.07) is 15.8. The van der Waals surface area contributed by atoms with Gasteiger partial charge in [0.05, 0.1) is 12.7 Å². The number of hydrogen-bond donors (Lipinski definition) is 0.